The Morgan fingerprint density at radius 3 is 2.18 bits per heavy atom. The van der Waals surface area contributed by atoms with Crippen LogP contribution in [0.4, 0.5) is 10.8 Å². The molecular weight excluding hydrogens is 398 g/mol. The van der Waals surface area contributed by atoms with Gasteiger partial charge in [0.05, 0.1) is 10.6 Å². The zero-order valence-corrected chi connectivity index (χ0v) is 16.7. The predicted molar refractivity (Wildman–Crippen MR) is 109 cm³/mol. The van der Waals surface area contributed by atoms with Crippen molar-refractivity contribution < 1.29 is 18.0 Å². The molecule has 0 aliphatic rings. The summed E-state index contributed by atoms with van der Waals surface area (Å²) >= 11 is 1.27. The minimum Gasteiger partial charge on any atom is -0.326 e. The molecule has 28 heavy (non-hydrogen) atoms. The second-order valence-corrected chi connectivity index (χ2v) is 8.92. The number of hydrogen-bond acceptors (Lipinski definition) is 6. The number of hydrogen-bond donors (Lipinski definition) is 2. The molecule has 1 heterocycles. The summed E-state index contributed by atoms with van der Waals surface area (Å²) in [6.45, 7) is 1.41. The molecule has 0 radical (unpaired) electrons. The van der Waals surface area contributed by atoms with Gasteiger partial charge in [-0.2, -0.15) is 0 Å². The average Bonchev–Trinajstić information content (AvgIpc) is 3.09. The first kappa shape index (κ1) is 19.7. The van der Waals surface area contributed by atoms with Crippen molar-refractivity contribution in [3.8, 4) is 11.3 Å². The monoisotopic (exact) mass is 415 g/mol. The number of carbonyl (C=O) groups is 2. The van der Waals surface area contributed by atoms with E-state index in [1.54, 1.807) is 41.8 Å². The van der Waals surface area contributed by atoms with Crippen LogP contribution in [0.15, 0.2) is 58.8 Å². The van der Waals surface area contributed by atoms with Gasteiger partial charge >= 0.3 is 0 Å². The van der Waals surface area contributed by atoms with E-state index < -0.39 is 9.84 Å². The van der Waals surface area contributed by atoms with Crippen molar-refractivity contribution >= 4 is 43.8 Å². The Bertz CT molecular complexity index is 1120. The van der Waals surface area contributed by atoms with Crippen LogP contribution in [0.3, 0.4) is 0 Å². The molecular formula is C19H17N3O4S2. The van der Waals surface area contributed by atoms with Gasteiger partial charge in [0.25, 0.3) is 5.91 Å². The van der Waals surface area contributed by atoms with Crippen LogP contribution in [0.5, 0.6) is 0 Å². The summed E-state index contributed by atoms with van der Waals surface area (Å²) in [5, 5.41) is 7.58. The van der Waals surface area contributed by atoms with Crippen LogP contribution in [-0.4, -0.2) is 31.5 Å². The molecule has 0 bridgehead atoms. The van der Waals surface area contributed by atoms with E-state index in [1.807, 2.05) is 0 Å². The Labute approximate surface area is 166 Å². The number of carbonyl (C=O) groups excluding carboxylic acids is 2. The van der Waals surface area contributed by atoms with Crippen LogP contribution in [0.1, 0.15) is 17.3 Å². The Morgan fingerprint density at radius 1 is 0.964 bits per heavy atom. The van der Waals surface area contributed by atoms with Crippen LogP contribution in [-0.2, 0) is 14.6 Å². The number of thiazole rings is 1. The normalized spacial score (nSPS) is 11.1. The maximum absolute atomic E-state index is 12.3. The van der Waals surface area contributed by atoms with Crippen LogP contribution in [0.2, 0.25) is 0 Å². The molecule has 3 rings (SSSR count). The van der Waals surface area contributed by atoms with Gasteiger partial charge in [-0.15, -0.1) is 11.3 Å². The summed E-state index contributed by atoms with van der Waals surface area (Å²) in [6.07, 6.45) is 1.15. The van der Waals surface area contributed by atoms with Crippen molar-refractivity contribution in [1.82, 2.24) is 4.98 Å². The molecule has 2 N–H and O–H groups in total. The summed E-state index contributed by atoms with van der Waals surface area (Å²) in [5.74, 6) is -0.500. The summed E-state index contributed by atoms with van der Waals surface area (Å²) < 4.78 is 23.1. The fourth-order valence-electron chi connectivity index (χ4n) is 2.41. The van der Waals surface area contributed by atoms with E-state index in [4.69, 9.17) is 0 Å². The summed E-state index contributed by atoms with van der Waals surface area (Å²) in [6, 6.07) is 12.9. The first-order valence-electron chi connectivity index (χ1n) is 8.17. The minimum absolute atomic E-state index is 0.183. The highest BCUT2D eigenvalue weighted by molar-refractivity contribution is 7.90. The van der Waals surface area contributed by atoms with E-state index in [9.17, 15) is 18.0 Å². The topological polar surface area (TPSA) is 105 Å². The fourth-order valence-corrected chi connectivity index (χ4v) is 3.76. The lowest BCUT2D eigenvalue weighted by Gasteiger charge is -2.04. The Balaban J connectivity index is 1.70. The molecule has 0 aliphatic heterocycles. The number of nitrogens with one attached hydrogen (secondary N) is 2. The number of nitrogens with zero attached hydrogens (tertiary/aromatic N) is 1. The van der Waals surface area contributed by atoms with E-state index in [2.05, 4.69) is 15.6 Å². The highest BCUT2D eigenvalue weighted by Gasteiger charge is 2.12. The molecule has 1 aromatic heterocycles. The molecule has 0 fully saturated rings. The van der Waals surface area contributed by atoms with Crippen LogP contribution >= 0.6 is 11.3 Å². The van der Waals surface area contributed by atoms with Crippen molar-refractivity contribution in [2.45, 2.75) is 11.8 Å². The zero-order valence-electron chi connectivity index (χ0n) is 15.1. The summed E-state index contributed by atoms with van der Waals surface area (Å²) in [5.41, 5.74) is 2.44. The van der Waals surface area contributed by atoms with Crippen LogP contribution < -0.4 is 10.6 Å². The van der Waals surface area contributed by atoms with Gasteiger partial charge in [0.2, 0.25) is 5.91 Å². The predicted octanol–water partition coefficient (Wildman–Crippen LogP) is 3.42. The highest BCUT2D eigenvalue weighted by Crippen LogP contribution is 2.26. The van der Waals surface area contributed by atoms with Gasteiger partial charge in [0, 0.05) is 35.4 Å². The van der Waals surface area contributed by atoms with Gasteiger partial charge < -0.3 is 5.32 Å². The lowest BCUT2D eigenvalue weighted by atomic mass is 10.2. The summed E-state index contributed by atoms with van der Waals surface area (Å²) in [7, 11) is -3.25. The lowest BCUT2D eigenvalue weighted by molar-refractivity contribution is -0.114. The quantitative estimate of drug-likeness (QED) is 0.664. The van der Waals surface area contributed by atoms with Crippen LogP contribution in [0, 0.1) is 0 Å². The van der Waals surface area contributed by atoms with Crippen molar-refractivity contribution in [1.29, 1.82) is 0 Å². The number of amides is 2. The molecule has 0 aliphatic carbocycles. The number of benzene rings is 2. The Hall–Kier alpha value is -3.04. The number of anilines is 2. The molecule has 2 aromatic carbocycles. The molecule has 7 nitrogen and oxygen atoms in total. The third-order valence-corrected chi connectivity index (χ3v) is 5.66. The average molecular weight is 415 g/mol. The SMILES string of the molecule is CC(=O)Nc1ccc(C(=O)Nc2nc(-c3ccc(S(C)(=O)=O)cc3)cs2)cc1. The second-order valence-electron chi connectivity index (χ2n) is 6.05. The first-order valence-corrected chi connectivity index (χ1v) is 10.9. The number of rotatable bonds is 5. The summed E-state index contributed by atoms with van der Waals surface area (Å²) in [4.78, 5) is 28.0. The smallest absolute Gasteiger partial charge is 0.257 e. The van der Waals surface area contributed by atoms with Crippen molar-refractivity contribution in [3.63, 3.8) is 0 Å². The largest absolute Gasteiger partial charge is 0.326 e. The molecule has 0 atom stereocenters. The van der Waals surface area contributed by atoms with Crippen molar-refractivity contribution in [2.24, 2.45) is 0 Å². The van der Waals surface area contributed by atoms with E-state index >= 15 is 0 Å². The highest BCUT2D eigenvalue weighted by atomic mass is 32.2. The van der Waals surface area contributed by atoms with Crippen molar-refractivity contribution in [2.75, 3.05) is 16.9 Å². The molecule has 0 unspecified atom stereocenters. The number of sulfone groups is 1. The van der Waals surface area contributed by atoms with E-state index in [0.717, 1.165) is 11.8 Å². The second kappa shape index (κ2) is 7.91. The minimum atomic E-state index is -3.25. The maximum atomic E-state index is 12.3. The molecule has 2 amide bonds. The molecule has 0 saturated carbocycles. The third-order valence-electron chi connectivity index (χ3n) is 3.77. The first-order chi connectivity index (χ1) is 13.2. The lowest BCUT2D eigenvalue weighted by Crippen LogP contribution is -2.12. The number of aromatic nitrogens is 1. The van der Waals surface area contributed by atoms with Crippen molar-refractivity contribution in [3.05, 3.63) is 59.5 Å². The van der Waals surface area contributed by atoms with Crippen LogP contribution in [0.25, 0.3) is 11.3 Å². The molecule has 3 aromatic rings. The van der Waals surface area contributed by atoms with Gasteiger partial charge in [-0.25, -0.2) is 13.4 Å². The fraction of sp³-hybridized carbons (Fsp3) is 0.105. The Kier molecular flexibility index (Phi) is 5.57. The molecule has 0 spiro atoms. The standard InChI is InChI=1S/C19H17N3O4S2/c1-12(23)20-15-7-3-14(4-8-15)18(24)22-19-21-17(11-27-19)13-5-9-16(10-6-13)28(2,25)26/h3-11H,1-2H3,(H,20,23)(H,21,22,24). The van der Waals surface area contributed by atoms with Gasteiger partial charge in [-0.1, -0.05) is 12.1 Å². The maximum Gasteiger partial charge on any atom is 0.257 e. The molecule has 9 heteroatoms. The van der Waals surface area contributed by atoms with Gasteiger partial charge in [0.15, 0.2) is 15.0 Å². The molecule has 0 saturated heterocycles. The Morgan fingerprint density at radius 2 is 1.61 bits per heavy atom. The molecule has 144 valence electrons. The van der Waals surface area contributed by atoms with Gasteiger partial charge in [-0.3, -0.25) is 14.9 Å². The van der Waals surface area contributed by atoms with E-state index in [1.165, 1.54) is 30.4 Å². The zero-order chi connectivity index (χ0) is 20.3. The van der Waals surface area contributed by atoms with Gasteiger partial charge in [0.1, 0.15) is 0 Å². The third kappa shape index (κ3) is 4.81. The van der Waals surface area contributed by atoms with Gasteiger partial charge in [-0.05, 0) is 36.4 Å². The van der Waals surface area contributed by atoms with E-state index in [0.29, 0.717) is 22.1 Å². The van der Waals surface area contributed by atoms with E-state index in [-0.39, 0.29) is 16.7 Å².